The minimum absolute atomic E-state index is 0.386. The zero-order valence-electron chi connectivity index (χ0n) is 10.2. The summed E-state index contributed by atoms with van der Waals surface area (Å²) in [5.41, 5.74) is 2.42. The number of aliphatic imine (C=N–C) groups is 1. The monoisotopic (exact) mass is 243 g/mol. The molecule has 0 spiro atoms. The van der Waals surface area contributed by atoms with Crippen LogP contribution in [0.15, 0.2) is 29.3 Å². The third-order valence-corrected chi connectivity index (χ3v) is 4.11. The Labute approximate surface area is 106 Å². The first-order chi connectivity index (χ1) is 8.88. The van der Waals surface area contributed by atoms with Crippen molar-refractivity contribution in [3.8, 4) is 0 Å². The number of guanidine groups is 1. The molecule has 3 heterocycles. The van der Waals surface area contributed by atoms with Crippen molar-refractivity contribution in [2.45, 2.75) is 44.1 Å². The molecular formula is C14H17N3O. The molecule has 0 aliphatic carbocycles. The molecular weight excluding hydrogens is 226 g/mol. The molecule has 2 N–H and O–H groups in total. The summed E-state index contributed by atoms with van der Waals surface area (Å²) in [5.74, 6) is 0.898. The fraction of sp³-hybridized carbons (Fsp3) is 0.500. The number of nitrogens with zero attached hydrogens (tertiary/aromatic N) is 1. The van der Waals surface area contributed by atoms with Crippen molar-refractivity contribution < 1.29 is 4.74 Å². The Morgan fingerprint density at radius 3 is 3.06 bits per heavy atom. The first-order valence-electron chi connectivity index (χ1n) is 6.70. The summed E-state index contributed by atoms with van der Waals surface area (Å²) >= 11 is 0. The van der Waals surface area contributed by atoms with Gasteiger partial charge in [-0.1, -0.05) is 18.2 Å². The molecule has 3 aliphatic rings. The van der Waals surface area contributed by atoms with Gasteiger partial charge >= 0.3 is 0 Å². The van der Waals surface area contributed by atoms with Crippen LogP contribution in [-0.2, 0) is 11.3 Å². The van der Waals surface area contributed by atoms with Crippen LogP contribution in [-0.4, -0.2) is 24.2 Å². The highest BCUT2D eigenvalue weighted by Gasteiger charge is 2.41. The second-order valence-corrected chi connectivity index (χ2v) is 5.31. The number of ether oxygens (including phenoxy) is 1. The van der Waals surface area contributed by atoms with E-state index in [1.165, 1.54) is 24.1 Å². The summed E-state index contributed by atoms with van der Waals surface area (Å²) in [6.45, 7) is 0.757. The first kappa shape index (κ1) is 10.4. The quantitative estimate of drug-likeness (QED) is 0.791. The van der Waals surface area contributed by atoms with E-state index in [0.29, 0.717) is 18.2 Å². The van der Waals surface area contributed by atoms with E-state index in [-0.39, 0.29) is 0 Å². The zero-order valence-corrected chi connectivity index (χ0v) is 10.2. The maximum Gasteiger partial charge on any atom is 0.196 e. The second kappa shape index (κ2) is 3.99. The van der Waals surface area contributed by atoms with Crippen molar-refractivity contribution in [3.63, 3.8) is 0 Å². The molecule has 18 heavy (non-hydrogen) atoms. The Hall–Kier alpha value is -1.55. The highest BCUT2D eigenvalue weighted by molar-refractivity contribution is 5.96. The summed E-state index contributed by atoms with van der Waals surface area (Å²) in [4.78, 5) is 4.56. The molecule has 4 nitrogen and oxygen atoms in total. The molecule has 0 amide bonds. The van der Waals surface area contributed by atoms with Crippen molar-refractivity contribution in [2.24, 2.45) is 4.99 Å². The van der Waals surface area contributed by atoms with Gasteiger partial charge in [-0.25, -0.2) is 4.99 Å². The normalized spacial score (nSPS) is 32.7. The number of benzene rings is 1. The summed E-state index contributed by atoms with van der Waals surface area (Å²) in [7, 11) is 0. The summed E-state index contributed by atoms with van der Waals surface area (Å²) in [6.07, 6.45) is 4.39. The van der Waals surface area contributed by atoms with Crippen LogP contribution >= 0.6 is 0 Å². The molecule has 1 aromatic carbocycles. The maximum absolute atomic E-state index is 5.85. The van der Waals surface area contributed by atoms with Gasteiger partial charge in [0, 0.05) is 5.69 Å². The number of fused-ring (bicyclic) bond motifs is 3. The molecule has 1 aromatic rings. The molecule has 4 heteroatoms. The molecule has 2 bridgehead atoms. The molecule has 3 atom stereocenters. The lowest BCUT2D eigenvalue weighted by Crippen LogP contribution is -2.45. The van der Waals surface area contributed by atoms with E-state index in [2.05, 4.69) is 39.9 Å². The van der Waals surface area contributed by atoms with E-state index in [4.69, 9.17) is 4.74 Å². The fourth-order valence-corrected chi connectivity index (χ4v) is 3.16. The van der Waals surface area contributed by atoms with Gasteiger partial charge in [-0.15, -0.1) is 0 Å². The van der Waals surface area contributed by atoms with Gasteiger partial charge in [-0.2, -0.15) is 0 Å². The number of nitrogens with one attached hydrogen (secondary N) is 2. The maximum atomic E-state index is 5.85. The number of hydrogen-bond donors (Lipinski definition) is 2. The van der Waals surface area contributed by atoms with Gasteiger partial charge < -0.3 is 15.4 Å². The van der Waals surface area contributed by atoms with E-state index in [1.807, 2.05) is 0 Å². The number of para-hydroxylation sites is 1. The van der Waals surface area contributed by atoms with Crippen molar-refractivity contribution in [1.82, 2.24) is 5.32 Å². The van der Waals surface area contributed by atoms with Crippen LogP contribution in [0.2, 0.25) is 0 Å². The first-order valence-corrected chi connectivity index (χ1v) is 6.70. The van der Waals surface area contributed by atoms with Crippen molar-refractivity contribution in [2.75, 3.05) is 5.32 Å². The van der Waals surface area contributed by atoms with Crippen LogP contribution in [0.3, 0.4) is 0 Å². The van der Waals surface area contributed by atoms with Gasteiger partial charge in [0.15, 0.2) is 5.96 Å². The van der Waals surface area contributed by atoms with Crippen LogP contribution in [0.1, 0.15) is 24.8 Å². The predicted octanol–water partition coefficient (Wildman–Crippen LogP) is 1.88. The summed E-state index contributed by atoms with van der Waals surface area (Å²) in [6, 6.07) is 8.75. The van der Waals surface area contributed by atoms with Gasteiger partial charge in [-0.05, 0) is 30.9 Å². The molecule has 3 unspecified atom stereocenters. The van der Waals surface area contributed by atoms with Gasteiger partial charge in [-0.3, -0.25) is 0 Å². The number of hydrogen-bond acceptors (Lipinski definition) is 4. The van der Waals surface area contributed by atoms with E-state index < -0.39 is 0 Å². The molecule has 2 fully saturated rings. The fourth-order valence-electron chi connectivity index (χ4n) is 3.16. The van der Waals surface area contributed by atoms with Crippen LogP contribution in [0.5, 0.6) is 0 Å². The SMILES string of the molecule is c1ccc2c(c1)CN=C(NC1CC3CCC1O3)N2. The topological polar surface area (TPSA) is 45.7 Å². The van der Waals surface area contributed by atoms with E-state index in [0.717, 1.165) is 18.9 Å². The molecule has 0 aromatic heterocycles. The van der Waals surface area contributed by atoms with Crippen LogP contribution < -0.4 is 10.6 Å². The summed E-state index contributed by atoms with van der Waals surface area (Å²) in [5, 5.41) is 6.87. The lowest BCUT2D eigenvalue weighted by molar-refractivity contribution is 0.0993. The molecule has 4 rings (SSSR count). The Bertz CT molecular complexity index is 500. The zero-order chi connectivity index (χ0) is 11.9. The van der Waals surface area contributed by atoms with Gasteiger partial charge in [0.25, 0.3) is 0 Å². The Balaban J connectivity index is 1.46. The highest BCUT2D eigenvalue weighted by atomic mass is 16.5. The van der Waals surface area contributed by atoms with Crippen molar-refractivity contribution in [1.29, 1.82) is 0 Å². The molecule has 0 saturated carbocycles. The van der Waals surface area contributed by atoms with Gasteiger partial charge in [0.1, 0.15) is 0 Å². The van der Waals surface area contributed by atoms with Crippen LogP contribution in [0.25, 0.3) is 0 Å². The average molecular weight is 243 g/mol. The van der Waals surface area contributed by atoms with Crippen LogP contribution in [0, 0.1) is 0 Å². The Morgan fingerprint density at radius 1 is 1.28 bits per heavy atom. The average Bonchev–Trinajstić information content (AvgIpc) is 3.01. The van der Waals surface area contributed by atoms with Gasteiger partial charge in [0.2, 0.25) is 0 Å². The molecule has 2 saturated heterocycles. The second-order valence-electron chi connectivity index (χ2n) is 5.31. The minimum atomic E-state index is 0.386. The molecule has 94 valence electrons. The standard InChI is InChI=1S/C14H17N3O/c1-2-4-11-9(3-1)8-15-14(16-11)17-12-7-10-5-6-13(12)18-10/h1-4,10,12-13H,5-8H2,(H2,15,16,17). The van der Waals surface area contributed by atoms with Crippen molar-refractivity contribution >= 4 is 11.6 Å². The van der Waals surface area contributed by atoms with Gasteiger partial charge in [0.05, 0.1) is 24.8 Å². The van der Waals surface area contributed by atoms with E-state index in [9.17, 15) is 0 Å². The lowest BCUT2D eigenvalue weighted by Gasteiger charge is -2.25. The highest BCUT2D eigenvalue weighted by Crippen LogP contribution is 2.34. The lowest BCUT2D eigenvalue weighted by atomic mass is 9.96. The predicted molar refractivity (Wildman–Crippen MR) is 70.6 cm³/mol. The molecule has 0 radical (unpaired) electrons. The van der Waals surface area contributed by atoms with Crippen molar-refractivity contribution in [3.05, 3.63) is 29.8 Å². The Morgan fingerprint density at radius 2 is 2.22 bits per heavy atom. The largest absolute Gasteiger partial charge is 0.373 e. The van der Waals surface area contributed by atoms with E-state index >= 15 is 0 Å². The smallest absolute Gasteiger partial charge is 0.196 e. The third-order valence-electron chi connectivity index (χ3n) is 4.11. The number of anilines is 1. The number of rotatable bonds is 1. The minimum Gasteiger partial charge on any atom is -0.373 e. The summed E-state index contributed by atoms with van der Waals surface area (Å²) < 4.78 is 5.85. The molecule has 3 aliphatic heterocycles. The van der Waals surface area contributed by atoms with Crippen LogP contribution in [0.4, 0.5) is 5.69 Å². The Kier molecular flexibility index (Phi) is 2.30. The van der Waals surface area contributed by atoms with E-state index in [1.54, 1.807) is 0 Å². The third kappa shape index (κ3) is 1.68.